The van der Waals surface area contributed by atoms with Gasteiger partial charge in [0.25, 0.3) is 0 Å². The average molecular weight is 189 g/mol. The number of nitrogen functional groups attached to an aromatic ring is 1. The van der Waals surface area contributed by atoms with Gasteiger partial charge in [0.15, 0.2) is 0 Å². The minimum absolute atomic E-state index is 0.0335. The number of pyridine rings is 2. The first kappa shape index (κ1) is 8.62. The fourth-order valence-electron chi connectivity index (χ4n) is 1.16. The molecule has 0 radical (unpaired) electrons. The van der Waals surface area contributed by atoms with E-state index in [9.17, 15) is 4.39 Å². The Morgan fingerprint density at radius 2 is 1.93 bits per heavy atom. The molecule has 2 heterocycles. The van der Waals surface area contributed by atoms with Crippen molar-refractivity contribution in [2.45, 2.75) is 0 Å². The summed E-state index contributed by atoms with van der Waals surface area (Å²) in [4.78, 5) is 8.02. The van der Waals surface area contributed by atoms with Crippen LogP contribution in [0.15, 0.2) is 36.7 Å². The largest absolute Gasteiger partial charge is 0.395 e. The number of anilines is 1. The second-order valence-electron chi connectivity index (χ2n) is 2.77. The van der Waals surface area contributed by atoms with Crippen molar-refractivity contribution < 1.29 is 4.39 Å². The highest BCUT2D eigenvalue weighted by Gasteiger charge is 2.08. The lowest BCUT2D eigenvalue weighted by atomic mass is 10.2. The van der Waals surface area contributed by atoms with E-state index in [1.807, 2.05) is 0 Å². The minimum Gasteiger partial charge on any atom is -0.395 e. The van der Waals surface area contributed by atoms with Gasteiger partial charge in [-0.25, -0.2) is 4.39 Å². The number of hydrogen-bond acceptors (Lipinski definition) is 3. The SMILES string of the molecule is Nc1c(F)ccnc1-c1ccccn1. The maximum atomic E-state index is 13.1. The van der Waals surface area contributed by atoms with Crippen LogP contribution in [-0.2, 0) is 0 Å². The van der Waals surface area contributed by atoms with Gasteiger partial charge in [0, 0.05) is 12.4 Å². The second-order valence-corrected chi connectivity index (χ2v) is 2.77. The highest BCUT2D eigenvalue weighted by molar-refractivity contribution is 5.69. The lowest BCUT2D eigenvalue weighted by molar-refractivity contribution is 0.631. The van der Waals surface area contributed by atoms with Crippen LogP contribution in [0.5, 0.6) is 0 Å². The summed E-state index contributed by atoms with van der Waals surface area (Å²) < 4.78 is 13.1. The van der Waals surface area contributed by atoms with Gasteiger partial charge >= 0.3 is 0 Å². The molecule has 0 fully saturated rings. The Morgan fingerprint density at radius 1 is 1.07 bits per heavy atom. The van der Waals surface area contributed by atoms with Gasteiger partial charge in [-0.2, -0.15) is 0 Å². The number of halogens is 1. The molecule has 0 aliphatic rings. The molecule has 0 atom stereocenters. The second kappa shape index (κ2) is 3.41. The standard InChI is InChI=1S/C10H8FN3/c11-7-4-6-14-10(9(7)12)8-3-1-2-5-13-8/h1-6H,12H2. The van der Waals surface area contributed by atoms with Crippen LogP contribution in [0.3, 0.4) is 0 Å². The highest BCUT2D eigenvalue weighted by atomic mass is 19.1. The third-order valence-corrected chi connectivity index (χ3v) is 1.84. The fourth-order valence-corrected chi connectivity index (χ4v) is 1.16. The number of nitrogens with zero attached hydrogens (tertiary/aromatic N) is 2. The molecule has 2 rings (SSSR count). The molecule has 0 aliphatic carbocycles. The predicted molar refractivity (Wildman–Crippen MR) is 51.8 cm³/mol. The molecule has 2 aromatic rings. The van der Waals surface area contributed by atoms with Gasteiger partial charge in [-0.15, -0.1) is 0 Å². The van der Waals surface area contributed by atoms with E-state index >= 15 is 0 Å². The maximum Gasteiger partial charge on any atom is 0.149 e. The van der Waals surface area contributed by atoms with Gasteiger partial charge in [0.2, 0.25) is 0 Å². The molecule has 0 aromatic carbocycles. The first-order valence-corrected chi connectivity index (χ1v) is 4.10. The lowest BCUT2D eigenvalue weighted by Crippen LogP contribution is -1.97. The van der Waals surface area contributed by atoms with Crippen molar-refractivity contribution in [3.8, 4) is 11.4 Å². The predicted octanol–water partition coefficient (Wildman–Crippen LogP) is 1.86. The Labute approximate surface area is 80.4 Å². The van der Waals surface area contributed by atoms with Crippen molar-refractivity contribution in [1.82, 2.24) is 9.97 Å². The van der Waals surface area contributed by atoms with E-state index in [1.165, 1.54) is 12.3 Å². The van der Waals surface area contributed by atoms with Crippen molar-refractivity contribution in [2.24, 2.45) is 0 Å². The summed E-state index contributed by atoms with van der Waals surface area (Å²) in [5.41, 5.74) is 6.52. The Morgan fingerprint density at radius 3 is 2.64 bits per heavy atom. The fraction of sp³-hybridized carbons (Fsp3) is 0. The minimum atomic E-state index is -0.472. The molecular weight excluding hydrogens is 181 g/mol. The van der Waals surface area contributed by atoms with E-state index in [0.717, 1.165) is 0 Å². The molecule has 0 aliphatic heterocycles. The molecule has 2 aromatic heterocycles. The molecule has 0 bridgehead atoms. The Hall–Kier alpha value is -1.97. The van der Waals surface area contributed by atoms with Crippen LogP contribution in [0, 0.1) is 5.82 Å². The molecule has 0 amide bonds. The first-order valence-electron chi connectivity index (χ1n) is 4.10. The van der Waals surface area contributed by atoms with Crippen LogP contribution in [0.2, 0.25) is 0 Å². The Kier molecular flexibility index (Phi) is 2.10. The quantitative estimate of drug-likeness (QED) is 0.744. The average Bonchev–Trinajstić information content (AvgIpc) is 2.23. The smallest absolute Gasteiger partial charge is 0.149 e. The van der Waals surface area contributed by atoms with Crippen molar-refractivity contribution in [2.75, 3.05) is 5.73 Å². The molecule has 3 nitrogen and oxygen atoms in total. The number of nitrogens with two attached hydrogens (primary N) is 1. The van der Waals surface area contributed by atoms with E-state index in [2.05, 4.69) is 9.97 Å². The van der Waals surface area contributed by atoms with Gasteiger partial charge in [-0.3, -0.25) is 9.97 Å². The van der Waals surface area contributed by atoms with Crippen LogP contribution >= 0.6 is 0 Å². The highest BCUT2D eigenvalue weighted by Crippen LogP contribution is 2.22. The van der Waals surface area contributed by atoms with E-state index in [0.29, 0.717) is 11.4 Å². The van der Waals surface area contributed by atoms with Crippen LogP contribution in [0.1, 0.15) is 0 Å². The van der Waals surface area contributed by atoms with Crippen molar-refractivity contribution >= 4 is 5.69 Å². The Bertz CT molecular complexity index is 442. The first-order chi connectivity index (χ1) is 6.79. The summed E-state index contributed by atoms with van der Waals surface area (Å²) in [6, 6.07) is 6.53. The maximum absolute atomic E-state index is 13.1. The summed E-state index contributed by atoms with van der Waals surface area (Å²) in [6.45, 7) is 0. The summed E-state index contributed by atoms with van der Waals surface area (Å²) in [7, 11) is 0. The van der Waals surface area contributed by atoms with Crippen LogP contribution in [0.4, 0.5) is 10.1 Å². The molecule has 70 valence electrons. The van der Waals surface area contributed by atoms with Gasteiger partial charge < -0.3 is 5.73 Å². The van der Waals surface area contributed by atoms with Crippen LogP contribution in [0.25, 0.3) is 11.4 Å². The summed E-state index contributed by atoms with van der Waals surface area (Å²) in [5, 5.41) is 0. The van der Waals surface area contributed by atoms with E-state index in [-0.39, 0.29) is 5.69 Å². The van der Waals surface area contributed by atoms with Gasteiger partial charge in [-0.05, 0) is 18.2 Å². The topological polar surface area (TPSA) is 51.8 Å². The zero-order chi connectivity index (χ0) is 9.97. The van der Waals surface area contributed by atoms with E-state index in [4.69, 9.17) is 5.73 Å². The monoisotopic (exact) mass is 189 g/mol. The zero-order valence-electron chi connectivity index (χ0n) is 7.31. The summed E-state index contributed by atoms with van der Waals surface area (Å²) in [5.74, 6) is -0.472. The lowest BCUT2D eigenvalue weighted by Gasteiger charge is -2.03. The van der Waals surface area contributed by atoms with Crippen molar-refractivity contribution in [3.63, 3.8) is 0 Å². The third-order valence-electron chi connectivity index (χ3n) is 1.84. The van der Waals surface area contributed by atoms with Gasteiger partial charge in [0.1, 0.15) is 11.5 Å². The molecule has 14 heavy (non-hydrogen) atoms. The van der Waals surface area contributed by atoms with Crippen molar-refractivity contribution in [1.29, 1.82) is 0 Å². The summed E-state index contributed by atoms with van der Waals surface area (Å²) >= 11 is 0. The molecule has 0 spiro atoms. The number of hydrogen-bond donors (Lipinski definition) is 1. The molecule has 0 unspecified atom stereocenters. The molecular formula is C10H8FN3. The molecule has 2 N–H and O–H groups in total. The third kappa shape index (κ3) is 1.42. The number of rotatable bonds is 1. The Balaban J connectivity index is 2.58. The molecule has 0 saturated carbocycles. The molecule has 0 saturated heterocycles. The van der Waals surface area contributed by atoms with Crippen molar-refractivity contribution in [3.05, 3.63) is 42.5 Å². The van der Waals surface area contributed by atoms with Gasteiger partial charge in [0.05, 0.1) is 11.4 Å². The van der Waals surface area contributed by atoms with E-state index in [1.54, 1.807) is 24.4 Å². The number of aromatic nitrogens is 2. The van der Waals surface area contributed by atoms with Crippen LogP contribution in [-0.4, -0.2) is 9.97 Å². The summed E-state index contributed by atoms with van der Waals surface area (Å²) in [6.07, 6.45) is 2.98. The van der Waals surface area contributed by atoms with Gasteiger partial charge in [-0.1, -0.05) is 6.07 Å². The van der Waals surface area contributed by atoms with Crippen LogP contribution < -0.4 is 5.73 Å². The molecule has 4 heteroatoms. The normalized spacial score (nSPS) is 10.1. The van der Waals surface area contributed by atoms with E-state index < -0.39 is 5.82 Å². The zero-order valence-corrected chi connectivity index (χ0v) is 7.31.